The first-order chi connectivity index (χ1) is 14.6. The number of aliphatic imine (C=N–C) groups is 1. The van der Waals surface area contributed by atoms with Crippen molar-refractivity contribution in [1.82, 2.24) is 24.7 Å². The van der Waals surface area contributed by atoms with Gasteiger partial charge in [0.2, 0.25) is 0 Å². The molecule has 0 radical (unpaired) electrons. The summed E-state index contributed by atoms with van der Waals surface area (Å²) in [4.78, 5) is 37.6. The number of benzene rings is 1. The van der Waals surface area contributed by atoms with E-state index in [9.17, 15) is 9.59 Å². The lowest BCUT2D eigenvalue weighted by Crippen LogP contribution is -2.49. The van der Waals surface area contributed by atoms with Crippen LogP contribution in [0.25, 0.3) is 0 Å². The average Bonchev–Trinajstić information content (AvgIpc) is 3.37. The van der Waals surface area contributed by atoms with Crippen molar-refractivity contribution in [2.24, 2.45) is 10.9 Å². The van der Waals surface area contributed by atoms with E-state index in [-0.39, 0.29) is 42.3 Å². The fraction of sp³-hybridized carbons (Fsp3) is 0.455. The van der Waals surface area contributed by atoms with Gasteiger partial charge in [-0.1, -0.05) is 19.1 Å². The Morgan fingerprint density at radius 2 is 1.94 bits per heavy atom. The molecule has 1 aromatic carbocycles. The van der Waals surface area contributed by atoms with Crippen LogP contribution in [0.3, 0.4) is 0 Å². The van der Waals surface area contributed by atoms with Crippen molar-refractivity contribution in [3.05, 3.63) is 54.1 Å². The van der Waals surface area contributed by atoms with Gasteiger partial charge in [-0.2, -0.15) is 0 Å². The molecular weight excluding hydrogens is 507 g/mol. The second-order valence-electron chi connectivity index (χ2n) is 7.83. The Bertz CT molecular complexity index is 910. The highest BCUT2D eigenvalue weighted by atomic mass is 127. The Morgan fingerprint density at radius 1 is 1.23 bits per heavy atom. The quantitative estimate of drug-likeness (QED) is 0.275. The van der Waals surface area contributed by atoms with Crippen LogP contribution >= 0.6 is 24.0 Å². The van der Waals surface area contributed by atoms with Crippen LogP contribution < -0.4 is 5.32 Å². The van der Waals surface area contributed by atoms with Crippen molar-refractivity contribution in [3.63, 3.8) is 0 Å². The van der Waals surface area contributed by atoms with Crippen molar-refractivity contribution >= 4 is 41.8 Å². The Morgan fingerprint density at radius 3 is 2.55 bits per heavy atom. The molecule has 4 rings (SSSR count). The molecule has 1 saturated heterocycles. The normalized spacial score (nSPS) is 21.2. The molecule has 9 heteroatoms. The van der Waals surface area contributed by atoms with Crippen LogP contribution in [0.15, 0.2) is 48.0 Å². The number of aromatic nitrogens is 2. The lowest BCUT2D eigenvalue weighted by atomic mass is 9.93. The lowest BCUT2D eigenvalue weighted by molar-refractivity contribution is 0.0659. The highest BCUT2D eigenvalue weighted by Gasteiger charge is 2.34. The molecule has 2 unspecified atom stereocenters. The first-order valence-corrected chi connectivity index (χ1v) is 10.6. The van der Waals surface area contributed by atoms with E-state index in [2.05, 4.69) is 26.7 Å². The number of carbonyl (C=O) groups excluding carboxylic acids is 2. The molecular formula is C22H29IN6O2. The Hall–Kier alpha value is -2.43. The summed E-state index contributed by atoms with van der Waals surface area (Å²) in [6.07, 6.45) is 6.76. The number of likely N-dealkylation sites (tertiary alicyclic amines) is 1. The van der Waals surface area contributed by atoms with Gasteiger partial charge in [-0.05, 0) is 31.4 Å². The van der Waals surface area contributed by atoms with E-state index in [0.717, 1.165) is 32.0 Å². The third kappa shape index (κ3) is 4.76. The molecule has 0 aliphatic carbocycles. The van der Waals surface area contributed by atoms with Gasteiger partial charge in [0.05, 0.1) is 30.0 Å². The number of nitrogens with zero attached hydrogens (tertiary/aromatic N) is 5. The number of guanidine groups is 1. The minimum Gasteiger partial charge on any atom is -0.357 e. The van der Waals surface area contributed by atoms with Gasteiger partial charge in [-0.25, -0.2) is 4.98 Å². The molecule has 1 aromatic heterocycles. The summed E-state index contributed by atoms with van der Waals surface area (Å²) >= 11 is 0. The molecule has 0 spiro atoms. The van der Waals surface area contributed by atoms with E-state index in [4.69, 9.17) is 4.99 Å². The van der Waals surface area contributed by atoms with Crippen LogP contribution in [0.1, 0.15) is 47.0 Å². The number of halogens is 1. The van der Waals surface area contributed by atoms with Crippen LogP contribution in [0.2, 0.25) is 0 Å². The summed E-state index contributed by atoms with van der Waals surface area (Å²) in [6.45, 7) is 7.48. The van der Waals surface area contributed by atoms with Crippen LogP contribution in [0.4, 0.5) is 0 Å². The fourth-order valence-electron chi connectivity index (χ4n) is 4.22. The van der Waals surface area contributed by atoms with Gasteiger partial charge < -0.3 is 14.8 Å². The SMILES string of the molecule is CCNC(=NCCN1C(=O)c2ccccc2C1=O)N1CCC(C)C(n2ccnc2)C1.I. The molecule has 2 aliphatic rings. The first-order valence-electron chi connectivity index (χ1n) is 10.6. The number of fused-ring (bicyclic) bond motifs is 1. The number of carbonyl (C=O) groups is 2. The molecule has 2 aromatic rings. The van der Waals surface area contributed by atoms with Gasteiger partial charge in [-0.3, -0.25) is 19.5 Å². The third-order valence-corrected chi connectivity index (χ3v) is 5.92. The molecule has 31 heavy (non-hydrogen) atoms. The maximum Gasteiger partial charge on any atom is 0.261 e. The Balaban J connectivity index is 0.00000272. The summed E-state index contributed by atoms with van der Waals surface area (Å²) in [7, 11) is 0. The summed E-state index contributed by atoms with van der Waals surface area (Å²) in [5.74, 6) is 0.910. The van der Waals surface area contributed by atoms with Gasteiger partial charge in [-0.15, -0.1) is 24.0 Å². The summed E-state index contributed by atoms with van der Waals surface area (Å²) < 4.78 is 2.17. The topological polar surface area (TPSA) is 82.8 Å². The lowest BCUT2D eigenvalue weighted by Gasteiger charge is -2.39. The maximum atomic E-state index is 12.5. The van der Waals surface area contributed by atoms with E-state index >= 15 is 0 Å². The molecule has 2 amide bonds. The van der Waals surface area contributed by atoms with Crippen molar-refractivity contribution < 1.29 is 9.59 Å². The predicted molar refractivity (Wildman–Crippen MR) is 130 cm³/mol. The number of rotatable bonds is 5. The van der Waals surface area contributed by atoms with E-state index in [1.165, 1.54) is 4.90 Å². The van der Waals surface area contributed by atoms with Crippen molar-refractivity contribution in [3.8, 4) is 0 Å². The summed E-state index contributed by atoms with van der Waals surface area (Å²) in [5, 5.41) is 3.36. The minimum absolute atomic E-state index is 0. The third-order valence-electron chi connectivity index (χ3n) is 5.92. The standard InChI is InChI=1S/C22H28N6O2.HI/c1-3-24-22(26-11-8-16(2)19(14-26)27-12-9-23-15-27)25-10-13-28-20(29)17-6-4-5-7-18(17)21(28)30;/h4-7,9,12,15-16,19H,3,8,10-11,13-14H2,1-2H3,(H,24,25);1H. The van der Waals surface area contributed by atoms with E-state index < -0.39 is 0 Å². The average molecular weight is 536 g/mol. The van der Waals surface area contributed by atoms with E-state index in [1.54, 1.807) is 24.3 Å². The molecule has 1 N–H and O–H groups in total. The maximum absolute atomic E-state index is 12.5. The number of nitrogens with one attached hydrogen (secondary N) is 1. The number of hydrogen-bond donors (Lipinski definition) is 1. The molecule has 0 bridgehead atoms. The highest BCUT2D eigenvalue weighted by Crippen LogP contribution is 2.27. The van der Waals surface area contributed by atoms with E-state index in [0.29, 0.717) is 29.6 Å². The van der Waals surface area contributed by atoms with Crippen LogP contribution in [0.5, 0.6) is 0 Å². The zero-order valence-corrected chi connectivity index (χ0v) is 20.2. The number of imide groups is 1. The van der Waals surface area contributed by atoms with Gasteiger partial charge in [0.15, 0.2) is 5.96 Å². The smallest absolute Gasteiger partial charge is 0.261 e. The van der Waals surface area contributed by atoms with E-state index in [1.807, 2.05) is 25.6 Å². The first kappa shape index (κ1) is 23.2. The zero-order chi connectivity index (χ0) is 21.1. The zero-order valence-electron chi connectivity index (χ0n) is 17.9. The fourth-order valence-corrected chi connectivity index (χ4v) is 4.22. The molecule has 166 valence electrons. The van der Waals surface area contributed by atoms with Crippen LogP contribution in [-0.4, -0.2) is 69.8 Å². The van der Waals surface area contributed by atoms with Gasteiger partial charge in [0.1, 0.15) is 0 Å². The molecule has 8 nitrogen and oxygen atoms in total. The molecule has 2 aliphatic heterocycles. The minimum atomic E-state index is -0.234. The predicted octanol–water partition coefficient (Wildman–Crippen LogP) is 2.65. The van der Waals surface area contributed by atoms with Crippen molar-refractivity contribution in [1.29, 1.82) is 0 Å². The number of imidazole rings is 1. The van der Waals surface area contributed by atoms with Gasteiger partial charge in [0, 0.05) is 38.6 Å². The molecule has 0 saturated carbocycles. The number of amides is 2. The van der Waals surface area contributed by atoms with Gasteiger partial charge in [0.25, 0.3) is 11.8 Å². The van der Waals surface area contributed by atoms with Crippen LogP contribution in [-0.2, 0) is 0 Å². The van der Waals surface area contributed by atoms with Gasteiger partial charge >= 0.3 is 0 Å². The number of piperidine rings is 1. The molecule has 2 atom stereocenters. The summed E-state index contributed by atoms with van der Waals surface area (Å²) in [6, 6.07) is 7.30. The van der Waals surface area contributed by atoms with Crippen molar-refractivity contribution in [2.75, 3.05) is 32.7 Å². The Labute approximate surface area is 199 Å². The van der Waals surface area contributed by atoms with Crippen LogP contribution in [0, 0.1) is 5.92 Å². The second kappa shape index (κ2) is 10.3. The monoisotopic (exact) mass is 536 g/mol. The molecule has 3 heterocycles. The largest absolute Gasteiger partial charge is 0.357 e. The van der Waals surface area contributed by atoms with Crippen molar-refractivity contribution in [2.45, 2.75) is 26.3 Å². The summed E-state index contributed by atoms with van der Waals surface area (Å²) in [5.41, 5.74) is 0.957. The Kier molecular flexibility index (Phi) is 7.69. The highest BCUT2D eigenvalue weighted by molar-refractivity contribution is 14.0. The molecule has 1 fully saturated rings. The second-order valence-corrected chi connectivity index (χ2v) is 7.83. The number of hydrogen-bond acceptors (Lipinski definition) is 4.